The van der Waals surface area contributed by atoms with E-state index in [2.05, 4.69) is 11.8 Å². The zero-order valence-electron chi connectivity index (χ0n) is 16.4. The maximum Gasteiger partial charge on any atom is 0.237 e. The molecule has 156 valence electrons. The largest absolute Gasteiger partial charge is 0.325 e. The molecule has 3 nitrogen and oxygen atoms in total. The van der Waals surface area contributed by atoms with Gasteiger partial charge in [0.25, 0.3) is 0 Å². The van der Waals surface area contributed by atoms with Crippen molar-refractivity contribution in [1.29, 1.82) is 0 Å². The van der Waals surface area contributed by atoms with E-state index in [-0.39, 0.29) is 11.3 Å². The van der Waals surface area contributed by atoms with Gasteiger partial charge in [0.05, 0.1) is 6.54 Å². The highest BCUT2D eigenvalue weighted by Gasteiger charge is 2.32. The Hall–Kier alpha value is -0.910. The number of carbonyl (C=O) groups is 1. The summed E-state index contributed by atoms with van der Waals surface area (Å²) in [4.78, 5) is 17.3. The number of amides is 1. The molecular formula is C22H25Cl3N2OS. The van der Waals surface area contributed by atoms with Crippen LogP contribution in [0.3, 0.4) is 0 Å². The highest BCUT2D eigenvalue weighted by molar-refractivity contribution is 7.99. The molecule has 7 heteroatoms. The number of thioether (sulfide) groups is 1. The summed E-state index contributed by atoms with van der Waals surface area (Å²) in [5.41, 5.74) is 1.99. The first-order valence-corrected chi connectivity index (χ1v) is 12.0. The number of hydrogen-bond acceptors (Lipinski definition) is 3. The first-order valence-electron chi connectivity index (χ1n) is 9.81. The van der Waals surface area contributed by atoms with E-state index in [9.17, 15) is 4.79 Å². The SMILES string of the molecule is CCCCN(CC(=O)N1CCS[C@H]1c1ccccc1Cl)Cc1ccc(Cl)cc1Cl. The minimum atomic E-state index is -0.0247. The summed E-state index contributed by atoms with van der Waals surface area (Å²) in [6, 6.07) is 13.3. The number of unbranched alkanes of at least 4 members (excludes halogenated alkanes) is 1. The van der Waals surface area contributed by atoms with Crippen LogP contribution in [-0.2, 0) is 11.3 Å². The number of carbonyl (C=O) groups excluding carboxylic acids is 1. The molecule has 2 aromatic rings. The Balaban J connectivity index is 1.72. The Morgan fingerprint density at radius 2 is 1.97 bits per heavy atom. The van der Waals surface area contributed by atoms with Crippen molar-refractivity contribution < 1.29 is 4.79 Å². The predicted molar refractivity (Wildman–Crippen MR) is 125 cm³/mol. The first-order chi connectivity index (χ1) is 14.0. The quantitative estimate of drug-likeness (QED) is 0.437. The van der Waals surface area contributed by atoms with E-state index in [0.29, 0.717) is 28.2 Å². The smallest absolute Gasteiger partial charge is 0.237 e. The molecule has 2 aromatic carbocycles. The molecule has 0 radical (unpaired) electrons. The highest BCUT2D eigenvalue weighted by Crippen LogP contribution is 2.40. The van der Waals surface area contributed by atoms with Crippen LogP contribution in [0.15, 0.2) is 42.5 Å². The fourth-order valence-electron chi connectivity index (χ4n) is 3.43. The number of nitrogens with zero attached hydrogens (tertiary/aromatic N) is 2. The fraction of sp³-hybridized carbons (Fsp3) is 0.409. The minimum absolute atomic E-state index is 0.0247. The van der Waals surface area contributed by atoms with E-state index in [4.69, 9.17) is 34.8 Å². The van der Waals surface area contributed by atoms with Crippen molar-refractivity contribution in [2.45, 2.75) is 31.7 Å². The van der Waals surface area contributed by atoms with Gasteiger partial charge in [0.2, 0.25) is 5.91 Å². The molecule has 1 aliphatic heterocycles. The van der Waals surface area contributed by atoms with Gasteiger partial charge in [-0.25, -0.2) is 0 Å². The molecule has 1 amide bonds. The second-order valence-electron chi connectivity index (χ2n) is 7.13. The lowest BCUT2D eigenvalue weighted by molar-refractivity contribution is -0.132. The van der Waals surface area contributed by atoms with E-state index in [1.807, 2.05) is 41.3 Å². The van der Waals surface area contributed by atoms with Crippen molar-refractivity contribution in [3.8, 4) is 0 Å². The number of benzene rings is 2. The monoisotopic (exact) mass is 470 g/mol. The molecule has 29 heavy (non-hydrogen) atoms. The average molecular weight is 472 g/mol. The third-order valence-corrected chi connectivity index (χ3v) is 7.15. The summed E-state index contributed by atoms with van der Waals surface area (Å²) in [7, 11) is 0. The topological polar surface area (TPSA) is 23.6 Å². The predicted octanol–water partition coefficient (Wildman–Crippen LogP) is 6.52. The molecule has 0 saturated carbocycles. The Kier molecular flexibility index (Phi) is 8.57. The van der Waals surface area contributed by atoms with Crippen LogP contribution in [0.5, 0.6) is 0 Å². The molecule has 0 aliphatic carbocycles. The Morgan fingerprint density at radius 3 is 2.69 bits per heavy atom. The van der Waals surface area contributed by atoms with Gasteiger partial charge in [-0.3, -0.25) is 9.69 Å². The van der Waals surface area contributed by atoms with Gasteiger partial charge in [-0.1, -0.05) is 72.4 Å². The van der Waals surface area contributed by atoms with Crippen LogP contribution < -0.4 is 0 Å². The van der Waals surface area contributed by atoms with Gasteiger partial charge in [-0.15, -0.1) is 11.8 Å². The molecule has 1 atom stereocenters. The third-order valence-electron chi connectivity index (χ3n) is 4.98. The lowest BCUT2D eigenvalue weighted by Gasteiger charge is -2.29. The molecule has 1 heterocycles. The van der Waals surface area contributed by atoms with Crippen molar-refractivity contribution >= 4 is 52.5 Å². The molecule has 0 unspecified atom stereocenters. The van der Waals surface area contributed by atoms with Crippen molar-refractivity contribution in [1.82, 2.24) is 9.80 Å². The van der Waals surface area contributed by atoms with Gasteiger partial charge in [0.15, 0.2) is 0 Å². The van der Waals surface area contributed by atoms with Gasteiger partial charge in [-0.2, -0.15) is 0 Å². The Morgan fingerprint density at radius 1 is 1.17 bits per heavy atom. The maximum atomic E-state index is 13.2. The van der Waals surface area contributed by atoms with Crippen molar-refractivity contribution in [2.75, 3.05) is 25.4 Å². The number of hydrogen-bond donors (Lipinski definition) is 0. The summed E-state index contributed by atoms with van der Waals surface area (Å²) in [5.74, 6) is 1.04. The van der Waals surface area contributed by atoms with E-state index in [1.165, 1.54) is 0 Å². The zero-order chi connectivity index (χ0) is 20.8. The van der Waals surface area contributed by atoms with Crippen LogP contribution in [0.4, 0.5) is 0 Å². The van der Waals surface area contributed by atoms with Crippen molar-refractivity contribution in [3.05, 3.63) is 68.7 Å². The molecule has 1 aliphatic rings. The lowest BCUT2D eigenvalue weighted by atomic mass is 10.2. The summed E-state index contributed by atoms with van der Waals surface area (Å²) in [6.07, 6.45) is 2.10. The van der Waals surface area contributed by atoms with Crippen LogP contribution in [0.2, 0.25) is 15.1 Å². The van der Waals surface area contributed by atoms with Gasteiger partial charge in [-0.05, 0) is 36.7 Å². The van der Waals surface area contributed by atoms with E-state index in [1.54, 1.807) is 17.8 Å². The average Bonchev–Trinajstić information content (AvgIpc) is 3.18. The molecule has 0 bridgehead atoms. The minimum Gasteiger partial charge on any atom is -0.325 e. The van der Waals surface area contributed by atoms with Crippen LogP contribution in [0.1, 0.15) is 36.3 Å². The molecule has 1 saturated heterocycles. The molecule has 0 aromatic heterocycles. The summed E-state index contributed by atoms with van der Waals surface area (Å²) in [5, 5.41) is 1.94. The highest BCUT2D eigenvalue weighted by atomic mass is 35.5. The van der Waals surface area contributed by atoms with Crippen molar-refractivity contribution in [2.24, 2.45) is 0 Å². The molecular weight excluding hydrogens is 447 g/mol. The second-order valence-corrected chi connectivity index (χ2v) is 9.57. The molecule has 0 spiro atoms. The van der Waals surface area contributed by atoms with E-state index in [0.717, 1.165) is 42.8 Å². The van der Waals surface area contributed by atoms with Crippen LogP contribution in [0.25, 0.3) is 0 Å². The van der Waals surface area contributed by atoms with Gasteiger partial charge in [0, 0.05) is 39.5 Å². The normalized spacial score (nSPS) is 16.6. The zero-order valence-corrected chi connectivity index (χ0v) is 19.5. The van der Waals surface area contributed by atoms with Crippen LogP contribution in [0, 0.1) is 0 Å². The molecule has 3 rings (SSSR count). The molecule has 1 fully saturated rings. The van der Waals surface area contributed by atoms with Crippen molar-refractivity contribution in [3.63, 3.8) is 0 Å². The van der Waals surface area contributed by atoms with Crippen LogP contribution in [-0.4, -0.2) is 41.1 Å². The Bertz CT molecular complexity index is 849. The second kappa shape index (κ2) is 10.9. The fourth-order valence-corrected chi connectivity index (χ4v) is 5.51. The Labute approximate surface area is 192 Å². The number of halogens is 3. The van der Waals surface area contributed by atoms with Gasteiger partial charge < -0.3 is 4.90 Å². The first kappa shape index (κ1) is 22.8. The van der Waals surface area contributed by atoms with Crippen LogP contribution >= 0.6 is 46.6 Å². The standard InChI is InChI=1S/C22H25Cl3N2OS/c1-2-3-10-26(14-16-8-9-17(23)13-20(16)25)15-21(28)27-11-12-29-22(27)18-6-4-5-7-19(18)24/h4-9,13,22H,2-3,10-12,14-15H2,1H3/t22-/m0/s1. The van der Waals surface area contributed by atoms with Gasteiger partial charge in [0.1, 0.15) is 5.37 Å². The third kappa shape index (κ3) is 6.05. The maximum absolute atomic E-state index is 13.2. The molecule has 0 N–H and O–H groups in total. The summed E-state index contributed by atoms with van der Waals surface area (Å²) < 4.78 is 0. The summed E-state index contributed by atoms with van der Waals surface area (Å²) in [6.45, 7) is 4.72. The lowest BCUT2D eigenvalue weighted by Crippen LogP contribution is -2.40. The summed E-state index contributed by atoms with van der Waals surface area (Å²) >= 11 is 20.6. The number of rotatable bonds is 8. The van der Waals surface area contributed by atoms with E-state index < -0.39 is 0 Å². The van der Waals surface area contributed by atoms with E-state index >= 15 is 0 Å². The van der Waals surface area contributed by atoms with Gasteiger partial charge >= 0.3 is 0 Å².